The van der Waals surface area contributed by atoms with Gasteiger partial charge in [0, 0.05) is 35.7 Å². The third-order valence-corrected chi connectivity index (χ3v) is 7.74. The van der Waals surface area contributed by atoms with Gasteiger partial charge in [-0.15, -0.1) is 0 Å². The van der Waals surface area contributed by atoms with Gasteiger partial charge in [-0.3, -0.25) is 14.4 Å². The molecule has 2 amide bonds. The second-order valence-corrected chi connectivity index (χ2v) is 12.7. The number of ether oxygens (including phenoxy) is 1. The maximum atomic E-state index is 12.8. The molecule has 0 bridgehead atoms. The van der Waals surface area contributed by atoms with Gasteiger partial charge in [0.05, 0.1) is 0 Å². The molecular weight excluding hydrogens is 644 g/mol. The summed E-state index contributed by atoms with van der Waals surface area (Å²) < 4.78 is 5.93. The minimum atomic E-state index is -1.10. The zero-order valence-corrected chi connectivity index (χ0v) is 30.8. The molecule has 0 unspecified atom stereocenters. The van der Waals surface area contributed by atoms with E-state index in [0.717, 1.165) is 51.4 Å². The molecule has 268 valence electrons. The van der Waals surface area contributed by atoms with E-state index in [2.05, 4.69) is 84.4 Å². The van der Waals surface area contributed by atoms with E-state index in [9.17, 15) is 14.4 Å². The Kier molecular flexibility index (Phi) is 21.3. The molecule has 7 heteroatoms. The van der Waals surface area contributed by atoms with Crippen LogP contribution in [0.5, 0.6) is 5.75 Å². The predicted molar refractivity (Wildman–Crippen MR) is 209 cm³/mol. The Morgan fingerprint density at radius 1 is 0.640 bits per heavy atom. The van der Waals surface area contributed by atoms with Gasteiger partial charge >= 0.3 is 0 Å². The van der Waals surface area contributed by atoms with Gasteiger partial charge in [0.1, 0.15) is 5.75 Å². The molecule has 50 heavy (non-hydrogen) atoms. The monoisotopic (exact) mass is 698 g/mol. The first-order chi connectivity index (χ1) is 24.2. The second-order valence-electron chi connectivity index (χ2n) is 12.2. The topological polar surface area (TPSA) is 84.5 Å². The fourth-order valence-corrected chi connectivity index (χ4v) is 4.74. The van der Waals surface area contributed by atoms with Crippen molar-refractivity contribution in [2.24, 2.45) is 0 Å². The molecule has 0 aliphatic carbocycles. The molecule has 0 aliphatic heterocycles. The van der Waals surface area contributed by atoms with Crippen molar-refractivity contribution >= 4 is 29.2 Å². The van der Waals surface area contributed by atoms with E-state index in [-0.39, 0.29) is 17.6 Å². The van der Waals surface area contributed by atoms with Crippen molar-refractivity contribution in [1.82, 2.24) is 10.6 Å². The number of unbranched alkanes of at least 4 members (excludes halogenated alkanes) is 1. The van der Waals surface area contributed by atoms with Crippen LogP contribution in [0.25, 0.3) is 0 Å². The highest BCUT2D eigenvalue weighted by atomic mass is 35.5. The van der Waals surface area contributed by atoms with Gasteiger partial charge < -0.3 is 15.4 Å². The summed E-state index contributed by atoms with van der Waals surface area (Å²) in [5.41, 5.74) is -0.0388. The average molecular weight is 699 g/mol. The SMILES string of the molecule is CC/C=C\C/C=C\C/C=C\C/C=C\C/C=C\C/C=C\CCC(=O)NCCCCNC(=O)C(C)(C)Oc1ccc(C(=O)c2ccc(Cl)cc2)cc1. The number of benzene rings is 2. The fraction of sp³-hybridized carbons (Fsp3) is 0.372. The lowest BCUT2D eigenvalue weighted by atomic mass is 10.0. The van der Waals surface area contributed by atoms with Crippen molar-refractivity contribution in [3.63, 3.8) is 0 Å². The van der Waals surface area contributed by atoms with Crippen LogP contribution in [0.2, 0.25) is 5.02 Å². The smallest absolute Gasteiger partial charge is 0.263 e. The molecule has 0 atom stereocenters. The van der Waals surface area contributed by atoms with E-state index in [0.29, 0.717) is 47.8 Å². The van der Waals surface area contributed by atoms with Crippen LogP contribution in [-0.2, 0) is 9.59 Å². The van der Waals surface area contributed by atoms with Crippen LogP contribution in [0.3, 0.4) is 0 Å². The van der Waals surface area contributed by atoms with Crippen molar-refractivity contribution in [3.05, 3.63) is 138 Å². The Morgan fingerprint density at radius 2 is 1.08 bits per heavy atom. The number of carbonyl (C=O) groups excluding carboxylic acids is 3. The maximum Gasteiger partial charge on any atom is 0.263 e. The molecular formula is C43H55ClN2O4. The second kappa shape index (κ2) is 25.5. The zero-order valence-electron chi connectivity index (χ0n) is 30.0. The first-order valence-corrected chi connectivity index (χ1v) is 18.1. The number of hydrogen-bond donors (Lipinski definition) is 2. The number of rotatable bonds is 24. The molecule has 0 aromatic heterocycles. The molecule has 0 saturated heterocycles. The van der Waals surface area contributed by atoms with E-state index in [1.807, 2.05) is 6.08 Å². The molecule has 0 saturated carbocycles. The summed E-state index contributed by atoms with van der Waals surface area (Å²) in [4.78, 5) is 37.6. The average Bonchev–Trinajstić information content (AvgIpc) is 3.10. The molecule has 2 aromatic carbocycles. The highest BCUT2D eigenvalue weighted by Gasteiger charge is 2.29. The number of ketones is 1. The lowest BCUT2D eigenvalue weighted by Crippen LogP contribution is -2.46. The third kappa shape index (κ3) is 18.9. The summed E-state index contributed by atoms with van der Waals surface area (Å²) in [6, 6.07) is 13.5. The number of carbonyl (C=O) groups is 3. The van der Waals surface area contributed by atoms with Crippen LogP contribution in [0.1, 0.15) is 101 Å². The highest BCUT2D eigenvalue weighted by molar-refractivity contribution is 6.30. The largest absolute Gasteiger partial charge is 0.478 e. The van der Waals surface area contributed by atoms with Gasteiger partial charge in [-0.1, -0.05) is 91.4 Å². The van der Waals surface area contributed by atoms with Crippen LogP contribution in [0.15, 0.2) is 121 Å². The zero-order chi connectivity index (χ0) is 36.3. The van der Waals surface area contributed by atoms with Crippen LogP contribution in [0.4, 0.5) is 0 Å². The van der Waals surface area contributed by atoms with E-state index >= 15 is 0 Å². The quantitative estimate of drug-likeness (QED) is 0.0649. The van der Waals surface area contributed by atoms with Crippen molar-refractivity contribution in [2.75, 3.05) is 13.1 Å². The van der Waals surface area contributed by atoms with Crippen molar-refractivity contribution in [2.45, 2.75) is 90.6 Å². The summed E-state index contributed by atoms with van der Waals surface area (Å²) in [6.45, 7) is 6.60. The Labute approximate surface area is 305 Å². The van der Waals surface area contributed by atoms with Gasteiger partial charge in [0.15, 0.2) is 11.4 Å². The van der Waals surface area contributed by atoms with E-state index in [1.165, 1.54) is 0 Å². The third-order valence-electron chi connectivity index (χ3n) is 7.49. The molecule has 0 aliphatic rings. The Bertz CT molecular complexity index is 1470. The number of amides is 2. The van der Waals surface area contributed by atoms with Gasteiger partial charge in [0.2, 0.25) is 5.91 Å². The minimum absolute atomic E-state index is 0.0315. The molecule has 2 rings (SSSR count). The van der Waals surface area contributed by atoms with Crippen molar-refractivity contribution in [1.29, 1.82) is 0 Å². The van der Waals surface area contributed by atoms with Gasteiger partial charge in [-0.25, -0.2) is 0 Å². The molecule has 0 spiro atoms. The predicted octanol–water partition coefficient (Wildman–Crippen LogP) is 10.2. The lowest BCUT2D eigenvalue weighted by molar-refractivity contribution is -0.134. The molecule has 0 fully saturated rings. The molecule has 2 aromatic rings. The van der Waals surface area contributed by atoms with Gasteiger partial charge in [0.25, 0.3) is 5.91 Å². The van der Waals surface area contributed by atoms with Gasteiger partial charge in [-0.05, 0) is 120 Å². The summed E-state index contributed by atoms with van der Waals surface area (Å²) in [5.74, 6) is 0.166. The van der Waals surface area contributed by atoms with Crippen molar-refractivity contribution < 1.29 is 19.1 Å². The van der Waals surface area contributed by atoms with Crippen LogP contribution < -0.4 is 15.4 Å². The molecule has 0 heterocycles. The minimum Gasteiger partial charge on any atom is -0.478 e. The first kappa shape index (κ1) is 41.7. The van der Waals surface area contributed by atoms with E-state index in [1.54, 1.807) is 62.4 Å². The number of allylic oxidation sites excluding steroid dienone is 12. The summed E-state index contributed by atoms with van der Waals surface area (Å²) in [6.07, 6.45) is 34.5. The molecule has 0 radical (unpaired) electrons. The molecule has 2 N–H and O–H groups in total. The number of hydrogen-bond acceptors (Lipinski definition) is 4. The number of halogens is 1. The first-order valence-electron chi connectivity index (χ1n) is 17.8. The van der Waals surface area contributed by atoms with E-state index in [4.69, 9.17) is 16.3 Å². The maximum absolute atomic E-state index is 12.8. The van der Waals surface area contributed by atoms with E-state index < -0.39 is 5.60 Å². The summed E-state index contributed by atoms with van der Waals surface area (Å²) >= 11 is 5.91. The van der Waals surface area contributed by atoms with Crippen LogP contribution in [-0.4, -0.2) is 36.3 Å². The Balaban J connectivity index is 1.49. The van der Waals surface area contributed by atoms with Gasteiger partial charge in [-0.2, -0.15) is 0 Å². The summed E-state index contributed by atoms with van der Waals surface area (Å²) in [7, 11) is 0. The highest BCUT2D eigenvalue weighted by Crippen LogP contribution is 2.21. The Morgan fingerprint density at radius 3 is 1.58 bits per heavy atom. The standard InChI is InChI=1S/C43H55ClN2O4/c1-4-5-6-7-8-9-10-11-12-13-14-15-16-17-18-19-20-21-22-25-40(47)45-34-23-24-35-46-42(49)43(2,3)50-39-32-28-37(29-33-39)41(48)36-26-30-38(44)31-27-36/h5-6,8-9,11-12,14-15,17-18,20-21,26-33H,4,7,10,13,16,19,22-25,34-35H2,1-3H3,(H,45,47)(H,46,49)/b6-5-,9-8-,12-11-,15-14-,18-17-,21-20-. The number of nitrogens with one attached hydrogen (secondary N) is 2. The summed E-state index contributed by atoms with van der Waals surface area (Å²) in [5, 5.41) is 6.43. The Hall–Kier alpha value is -4.42. The van der Waals surface area contributed by atoms with Crippen molar-refractivity contribution in [3.8, 4) is 5.75 Å². The van der Waals surface area contributed by atoms with Crippen LogP contribution >= 0.6 is 11.6 Å². The van der Waals surface area contributed by atoms with Crippen LogP contribution in [0, 0.1) is 0 Å². The fourth-order valence-electron chi connectivity index (χ4n) is 4.62. The lowest BCUT2D eigenvalue weighted by Gasteiger charge is -2.25. The molecule has 6 nitrogen and oxygen atoms in total. The normalized spacial score (nSPS) is 12.3.